The fourth-order valence-electron chi connectivity index (χ4n) is 2.22. The zero-order valence-electron chi connectivity index (χ0n) is 11.6. The van der Waals surface area contributed by atoms with Gasteiger partial charge in [-0.1, -0.05) is 24.3 Å². The van der Waals surface area contributed by atoms with Crippen LogP contribution in [0.2, 0.25) is 0 Å². The Morgan fingerprint density at radius 2 is 1.95 bits per heavy atom. The van der Waals surface area contributed by atoms with Gasteiger partial charge in [0.25, 0.3) is 0 Å². The highest BCUT2D eigenvalue weighted by Gasteiger charge is 2.07. The Hall–Kier alpha value is -2.20. The van der Waals surface area contributed by atoms with Crippen LogP contribution in [-0.4, -0.2) is 0 Å². The monoisotopic (exact) mass is 297 g/mol. The number of aryl methyl sites for hydroxylation is 1. The van der Waals surface area contributed by atoms with Crippen molar-refractivity contribution in [3.63, 3.8) is 0 Å². The number of fused-ring (bicyclic) bond motifs is 1. The summed E-state index contributed by atoms with van der Waals surface area (Å²) in [5.41, 5.74) is 9.06. The second kappa shape index (κ2) is 5.66. The van der Waals surface area contributed by atoms with Crippen molar-refractivity contribution in [3.8, 4) is 0 Å². The Morgan fingerprint density at radius 1 is 1.14 bits per heavy atom. The minimum absolute atomic E-state index is 0.315. The molecular formula is C17H15NO2S. The molecule has 1 aromatic heterocycles. The smallest absolute Gasteiger partial charge is 0.336 e. The summed E-state index contributed by atoms with van der Waals surface area (Å²) in [4.78, 5) is 12.7. The fraction of sp³-hybridized carbons (Fsp3) is 0.118. The van der Waals surface area contributed by atoms with Crippen LogP contribution in [0.3, 0.4) is 0 Å². The molecule has 3 rings (SSSR count). The highest BCUT2D eigenvalue weighted by molar-refractivity contribution is 7.98. The highest BCUT2D eigenvalue weighted by Crippen LogP contribution is 2.30. The molecule has 0 aliphatic heterocycles. The number of thioether (sulfide) groups is 1. The van der Waals surface area contributed by atoms with Crippen molar-refractivity contribution in [1.82, 2.24) is 0 Å². The molecule has 0 atom stereocenters. The second-order valence-electron chi connectivity index (χ2n) is 4.92. The van der Waals surface area contributed by atoms with Gasteiger partial charge in [-0.15, -0.1) is 11.8 Å². The first-order valence-electron chi connectivity index (χ1n) is 6.64. The van der Waals surface area contributed by atoms with Crippen LogP contribution < -0.4 is 11.4 Å². The average Bonchev–Trinajstić information content (AvgIpc) is 2.45. The number of nitrogens with two attached hydrogens (primary N) is 1. The number of rotatable bonds is 3. The van der Waals surface area contributed by atoms with Gasteiger partial charge in [0.2, 0.25) is 0 Å². The van der Waals surface area contributed by atoms with Crippen molar-refractivity contribution >= 4 is 28.4 Å². The molecule has 0 spiro atoms. The molecule has 0 bridgehead atoms. The van der Waals surface area contributed by atoms with E-state index >= 15 is 0 Å². The molecule has 21 heavy (non-hydrogen) atoms. The van der Waals surface area contributed by atoms with E-state index in [4.69, 9.17) is 10.2 Å². The summed E-state index contributed by atoms with van der Waals surface area (Å²) in [6, 6.07) is 15.2. The molecule has 0 unspecified atom stereocenters. The number of nitrogen functional groups attached to an aromatic ring is 1. The van der Waals surface area contributed by atoms with Crippen LogP contribution in [0.25, 0.3) is 11.0 Å². The summed E-state index contributed by atoms with van der Waals surface area (Å²) < 4.78 is 5.27. The third kappa shape index (κ3) is 2.95. The van der Waals surface area contributed by atoms with Gasteiger partial charge in [0.05, 0.1) is 0 Å². The van der Waals surface area contributed by atoms with Crippen molar-refractivity contribution < 1.29 is 4.42 Å². The largest absolute Gasteiger partial charge is 0.423 e. The first-order valence-corrected chi connectivity index (χ1v) is 7.63. The van der Waals surface area contributed by atoms with Gasteiger partial charge in [0, 0.05) is 27.8 Å². The maximum atomic E-state index is 11.7. The lowest BCUT2D eigenvalue weighted by Crippen LogP contribution is -2.00. The average molecular weight is 297 g/mol. The van der Waals surface area contributed by atoms with Crippen LogP contribution in [-0.2, 0) is 5.75 Å². The quantitative estimate of drug-likeness (QED) is 0.451. The lowest BCUT2D eigenvalue weighted by molar-refractivity contribution is 0.559. The van der Waals surface area contributed by atoms with E-state index in [1.54, 1.807) is 17.8 Å². The van der Waals surface area contributed by atoms with Crippen LogP contribution in [0.1, 0.15) is 11.1 Å². The lowest BCUT2D eigenvalue weighted by atomic mass is 10.1. The van der Waals surface area contributed by atoms with Gasteiger partial charge in [-0.25, -0.2) is 4.79 Å². The van der Waals surface area contributed by atoms with E-state index in [9.17, 15) is 4.79 Å². The number of anilines is 1. The van der Waals surface area contributed by atoms with E-state index in [1.165, 1.54) is 0 Å². The van der Waals surface area contributed by atoms with Crippen molar-refractivity contribution in [2.45, 2.75) is 17.6 Å². The molecule has 0 saturated carbocycles. The van der Waals surface area contributed by atoms with Crippen molar-refractivity contribution in [3.05, 3.63) is 70.1 Å². The van der Waals surface area contributed by atoms with Crippen LogP contribution in [0.15, 0.2) is 62.6 Å². The molecule has 2 aromatic carbocycles. The standard InChI is InChI=1S/C17H15NO2S/c1-11-6-7-13-12(9-17(19)20-15(13)8-11)10-21-16-5-3-2-4-14(16)18/h2-9H,10,18H2,1H3. The molecule has 106 valence electrons. The van der Waals surface area contributed by atoms with E-state index in [0.29, 0.717) is 11.3 Å². The Kier molecular flexibility index (Phi) is 3.71. The molecule has 0 aliphatic rings. The van der Waals surface area contributed by atoms with Gasteiger partial charge in [0.15, 0.2) is 0 Å². The molecule has 2 N–H and O–H groups in total. The van der Waals surface area contributed by atoms with Gasteiger partial charge >= 0.3 is 5.63 Å². The Morgan fingerprint density at radius 3 is 2.76 bits per heavy atom. The van der Waals surface area contributed by atoms with E-state index < -0.39 is 0 Å². The third-order valence-electron chi connectivity index (χ3n) is 3.29. The summed E-state index contributed by atoms with van der Waals surface area (Å²) in [5.74, 6) is 0.680. The summed E-state index contributed by atoms with van der Waals surface area (Å²) >= 11 is 1.62. The van der Waals surface area contributed by atoms with Crippen molar-refractivity contribution in [2.75, 3.05) is 5.73 Å². The van der Waals surface area contributed by atoms with E-state index in [2.05, 4.69) is 0 Å². The summed E-state index contributed by atoms with van der Waals surface area (Å²) in [6.45, 7) is 1.98. The maximum absolute atomic E-state index is 11.7. The molecule has 4 heteroatoms. The second-order valence-corrected chi connectivity index (χ2v) is 5.93. The molecule has 1 heterocycles. The van der Waals surface area contributed by atoms with E-state index in [0.717, 1.165) is 27.1 Å². The number of para-hydroxylation sites is 1. The van der Waals surface area contributed by atoms with Crippen LogP contribution in [0, 0.1) is 6.92 Å². The number of benzene rings is 2. The number of hydrogen-bond donors (Lipinski definition) is 1. The molecule has 0 fully saturated rings. The van der Waals surface area contributed by atoms with Crippen LogP contribution in [0.4, 0.5) is 5.69 Å². The highest BCUT2D eigenvalue weighted by atomic mass is 32.2. The Bertz CT molecular complexity index is 855. The Labute approximate surface area is 126 Å². The molecular weight excluding hydrogens is 282 g/mol. The van der Waals surface area contributed by atoms with Gasteiger partial charge in [-0.3, -0.25) is 0 Å². The molecule has 0 saturated heterocycles. The lowest BCUT2D eigenvalue weighted by Gasteiger charge is -2.07. The predicted octanol–water partition coefficient (Wildman–Crippen LogP) is 3.98. The van der Waals surface area contributed by atoms with E-state index in [-0.39, 0.29) is 5.63 Å². The summed E-state index contributed by atoms with van der Waals surface area (Å²) in [6.07, 6.45) is 0. The molecule has 3 nitrogen and oxygen atoms in total. The SMILES string of the molecule is Cc1ccc2c(CSc3ccccc3N)cc(=O)oc2c1. The normalized spacial score (nSPS) is 10.9. The zero-order chi connectivity index (χ0) is 14.8. The minimum atomic E-state index is -0.315. The molecule has 0 radical (unpaired) electrons. The Balaban J connectivity index is 1.97. The molecule has 0 aliphatic carbocycles. The van der Waals surface area contributed by atoms with Gasteiger partial charge < -0.3 is 10.2 Å². The van der Waals surface area contributed by atoms with Crippen LogP contribution >= 0.6 is 11.8 Å². The first-order chi connectivity index (χ1) is 10.1. The summed E-state index contributed by atoms with van der Waals surface area (Å²) in [7, 11) is 0. The zero-order valence-corrected chi connectivity index (χ0v) is 12.4. The molecule has 3 aromatic rings. The predicted molar refractivity (Wildman–Crippen MR) is 87.6 cm³/mol. The van der Waals surface area contributed by atoms with Gasteiger partial charge in [0.1, 0.15) is 5.58 Å². The summed E-state index contributed by atoms with van der Waals surface area (Å²) in [5, 5.41) is 0.974. The first kappa shape index (κ1) is 13.8. The number of hydrogen-bond acceptors (Lipinski definition) is 4. The fourth-order valence-corrected chi connectivity index (χ4v) is 3.18. The van der Waals surface area contributed by atoms with Crippen molar-refractivity contribution in [2.24, 2.45) is 0 Å². The van der Waals surface area contributed by atoms with Gasteiger partial charge in [-0.05, 0) is 36.2 Å². The maximum Gasteiger partial charge on any atom is 0.336 e. The van der Waals surface area contributed by atoms with Crippen LogP contribution in [0.5, 0.6) is 0 Å². The topological polar surface area (TPSA) is 56.2 Å². The third-order valence-corrected chi connectivity index (χ3v) is 4.43. The van der Waals surface area contributed by atoms with E-state index in [1.807, 2.05) is 49.4 Å². The molecule has 0 amide bonds. The van der Waals surface area contributed by atoms with Crippen molar-refractivity contribution in [1.29, 1.82) is 0 Å². The van der Waals surface area contributed by atoms with Gasteiger partial charge in [-0.2, -0.15) is 0 Å². The minimum Gasteiger partial charge on any atom is -0.423 e.